The van der Waals surface area contributed by atoms with Gasteiger partial charge in [-0.15, -0.1) is 0 Å². The van der Waals surface area contributed by atoms with E-state index < -0.39 is 0 Å². The molecule has 3 saturated carbocycles. The van der Waals surface area contributed by atoms with Gasteiger partial charge < -0.3 is 0 Å². The summed E-state index contributed by atoms with van der Waals surface area (Å²) in [5.41, 5.74) is 0. The van der Waals surface area contributed by atoms with Crippen LogP contribution in [-0.2, 0) is 0 Å². The first-order valence-electron chi connectivity index (χ1n) is 3.86. The molecule has 0 aliphatic heterocycles. The molecule has 0 heterocycles. The molecule has 3 rings (SSSR count). The second-order valence-electron chi connectivity index (χ2n) is 3.65. The highest BCUT2D eigenvalue weighted by Crippen LogP contribution is 2.48. The summed E-state index contributed by atoms with van der Waals surface area (Å²) in [5, 5.41) is 0. The largest absolute Gasteiger partial charge is 0.0622 e. The van der Waals surface area contributed by atoms with E-state index in [1.807, 2.05) is 0 Å². The fraction of sp³-hybridized carbons (Fsp3) is 1.00. The highest BCUT2D eigenvalue weighted by Gasteiger charge is 2.37. The molecule has 1 atom stereocenters. The lowest BCUT2D eigenvalue weighted by Gasteiger charge is -2.45. The van der Waals surface area contributed by atoms with Crippen molar-refractivity contribution in [1.29, 1.82) is 0 Å². The summed E-state index contributed by atoms with van der Waals surface area (Å²) in [6, 6.07) is 0. The third-order valence-electron chi connectivity index (χ3n) is 3.11. The average molecular weight is 110 g/mol. The molecule has 46 valence electrons. The van der Waals surface area contributed by atoms with Crippen LogP contribution >= 0.6 is 0 Å². The quantitative estimate of drug-likeness (QED) is 0.449. The fourth-order valence-electron chi connectivity index (χ4n) is 2.22. The molecule has 0 amide bonds. The summed E-state index contributed by atoms with van der Waals surface area (Å²) < 4.78 is 0. The molecule has 0 aromatic carbocycles. The molecule has 0 spiro atoms. The van der Waals surface area contributed by atoms with Crippen LogP contribution in [0.25, 0.3) is 0 Å². The van der Waals surface area contributed by atoms with Gasteiger partial charge in [0.1, 0.15) is 0 Å². The topological polar surface area (TPSA) is 0 Å². The number of fused-ring (bicyclic) bond motifs is 2. The minimum atomic E-state index is 1.07. The molecule has 3 aliphatic rings. The van der Waals surface area contributed by atoms with Crippen molar-refractivity contribution in [3.8, 4) is 0 Å². The van der Waals surface area contributed by atoms with E-state index >= 15 is 0 Å². The Balaban J connectivity index is 2.01. The van der Waals surface area contributed by atoms with Gasteiger partial charge in [0.15, 0.2) is 0 Å². The smallest absolute Gasteiger partial charge is 0.0383 e. The van der Waals surface area contributed by atoms with Crippen LogP contribution in [0.3, 0.4) is 0 Å². The highest BCUT2D eigenvalue weighted by molar-refractivity contribution is 4.88. The van der Waals surface area contributed by atoms with Crippen molar-refractivity contribution < 1.29 is 0 Å². The molecule has 3 fully saturated rings. The number of hydrogen-bond donors (Lipinski definition) is 0. The van der Waals surface area contributed by atoms with Crippen LogP contribution in [0.5, 0.6) is 0 Å². The Bertz CT molecular complexity index is 84.7. The van der Waals surface area contributed by atoms with Crippen molar-refractivity contribution in [2.75, 3.05) is 0 Å². The second-order valence-corrected chi connectivity index (χ2v) is 3.65. The van der Waals surface area contributed by atoms with Crippen molar-refractivity contribution in [3.63, 3.8) is 0 Å². The van der Waals surface area contributed by atoms with E-state index in [4.69, 9.17) is 0 Å². The zero-order chi connectivity index (χ0) is 5.56. The Kier molecular flexibility index (Phi) is 0.902. The Hall–Kier alpha value is 0. The summed E-state index contributed by atoms with van der Waals surface area (Å²) in [4.78, 5) is 0. The monoisotopic (exact) mass is 110 g/mol. The molecule has 0 unspecified atom stereocenters. The summed E-state index contributed by atoms with van der Waals surface area (Å²) >= 11 is 0. The van der Waals surface area contributed by atoms with Gasteiger partial charge in [0.2, 0.25) is 0 Å². The first-order valence-corrected chi connectivity index (χ1v) is 3.86. The maximum absolute atomic E-state index is 2.42. The first kappa shape index (κ1) is 4.84. The first-order chi connectivity index (χ1) is 3.86. The molecule has 0 saturated heterocycles. The van der Waals surface area contributed by atoms with Crippen LogP contribution in [0.4, 0.5) is 0 Å². The van der Waals surface area contributed by atoms with Gasteiger partial charge in [-0.3, -0.25) is 0 Å². The van der Waals surface area contributed by atoms with E-state index in [-0.39, 0.29) is 0 Å². The van der Waals surface area contributed by atoms with Gasteiger partial charge in [-0.05, 0) is 30.6 Å². The van der Waals surface area contributed by atoms with E-state index in [1.165, 1.54) is 12.8 Å². The van der Waals surface area contributed by atoms with E-state index in [2.05, 4.69) is 6.92 Å². The van der Waals surface area contributed by atoms with Crippen molar-refractivity contribution in [1.82, 2.24) is 0 Å². The molecule has 0 radical (unpaired) electrons. The molecular formula is C8H14. The summed E-state index contributed by atoms with van der Waals surface area (Å²) in [7, 11) is 0. The lowest BCUT2D eigenvalue weighted by Crippen LogP contribution is -2.34. The van der Waals surface area contributed by atoms with Crippen LogP contribution in [0.1, 0.15) is 32.6 Å². The zero-order valence-corrected chi connectivity index (χ0v) is 5.56. The van der Waals surface area contributed by atoms with E-state index in [0.717, 1.165) is 17.8 Å². The van der Waals surface area contributed by atoms with Gasteiger partial charge in [0, 0.05) is 0 Å². The molecule has 0 N–H and O–H groups in total. The van der Waals surface area contributed by atoms with E-state index in [9.17, 15) is 0 Å². The number of hydrogen-bond acceptors (Lipinski definition) is 0. The minimum Gasteiger partial charge on any atom is -0.0622 e. The minimum absolute atomic E-state index is 1.07. The van der Waals surface area contributed by atoms with Gasteiger partial charge in [-0.25, -0.2) is 0 Å². The van der Waals surface area contributed by atoms with Crippen molar-refractivity contribution in [3.05, 3.63) is 0 Å². The molecule has 3 aliphatic carbocycles. The van der Waals surface area contributed by atoms with Crippen LogP contribution in [-0.4, -0.2) is 0 Å². The van der Waals surface area contributed by atoms with Gasteiger partial charge in [-0.2, -0.15) is 0 Å². The predicted molar refractivity (Wildman–Crippen MR) is 34.6 cm³/mol. The predicted octanol–water partition coefficient (Wildman–Crippen LogP) is 2.44. The molecular weight excluding hydrogens is 96.1 g/mol. The van der Waals surface area contributed by atoms with Crippen molar-refractivity contribution >= 4 is 0 Å². The van der Waals surface area contributed by atoms with Gasteiger partial charge in [-0.1, -0.05) is 19.8 Å². The fourth-order valence-corrected chi connectivity index (χ4v) is 2.22. The third kappa shape index (κ3) is 0.519. The maximum atomic E-state index is 2.42. The third-order valence-corrected chi connectivity index (χ3v) is 3.11. The van der Waals surface area contributed by atoms with Crippen LogP contribution in [0, 0.1) is 17.8 Å². The van der Waals surface area contributed by atoms with Gasteiger partial charge >= 0.3 is 0 Å². The average Bonchev–Trinajstić information content (AvgIpc) is 1.62. The maximum Gasteiger partial charge on any atom is -0.0383 e. The molecule has 8 heavy (non-hydrogen) atoms. The van der Waals surface area contributed by atoms with Crippen LogP contribution in [0.2, 0.25) is 0 Å². The second kappa shape index (κ2) is 1.49. The molecule has 0 heteroatoms. The number of rotatable bonds is 0. The summed E-state index contributed by atoms with van der Waals surface area (Å²) in [6.07, 6.45) is 6.20. The Morgan fingerprint density at radius 1 is 1.12 bits per heavy atom. The standard InChI is InChI=1S/C8H14/c1-6-2-3-7-4-8(6)5-7/h6-8H,2-5H2,1H3/t6-,7?,8?/m0/s1. The highest BCUT2D eigenvalue weighted by atomic mass is 14.4. The Morgan fingerprint density at radius 3 is 2.12 bits per heavy atom. The SMILES string of the molecule is C[C@H]1CCC2CC1C2. The lowest BCUT2D eigenvalue weighted by molar-refractivity contribution is 0.0599. The molecule has 0 aromatic rings. The van der Waals surface area contributed by atoms with Crippen molar-refractivity contribution in [2.24, 2.45) is 17.8 Å². The van der Waals surface area contributed by atoms with Crippen LogP contribution in [0.15, 0.2) is 0 Å². The van der Waals surface area contributed by atoms with E-state index in [1.54, 1.807) is 12.8 Å². The molecule has 0 nitrogen and oxygen atoms in total. The summed E-state index contributed by atoms with van der Waals surface area (Å²) in [6.45, 7) is 2.42. The molecule has 0 aromatic heterocycles. The Morgan fingerprint density at radius 2 is 1.88 bits per heavy atom. The van der Waals surface area contributed by atoms with Crippen molar-refractivity contribution in [2.45, 2.75) is 32.6 Å². The van der Waals surface area contributed by atoms with Gasteiger partial charge in [0.05, 0.1) is 0 Å². The lowest BCUT2D eigenvalue weighted by atomic mass is 9.61. The van der Waals surface area contributed by atoms with Crippen LogP contribution < -0.4 is 0 Å². The Labute approximate surface area is 51.3 Å². The summed E-state index contributed by atoms with van der Waals surface area (Å²) in [5.74, 6) is 3.38. The van der Waals surface area contributed by atoms with E-state index in [0.29, 0.717) is 0 Å². The van der Waals surface area contributed by atoms with Gasteiger partial charge in [0.25, 0.3) is 0 Å². The molecule has 2 bridgehead atoms. The normalized spacial score (nSPS) is 52.9. The zero-order valence-electron chi connectivity index (χ0n) is 5.56.